The van der Waals surface area contributed by atoms with Gasteiger partial charge in [0.25, 0.3) is 5.91 Å². The SMILES string of the molecule is CCC(C)C1NC(=O)C2CCCN2C(=O)C(C(O)c2ccccc2)N(C)C(=O)C(Cc2ccccc2)NC(=O)C(C(C)C)N(C)C(=O)C(C(C)C)OC(=O)C(C(C)C)N(C)C(=O)C(CC(C)C)NC(=O)C(CC(C)C)N(C)C1=O. The number of amides is 8. The highest BCUT2D eigenvalue weighted by Crippen LogP contribution is 2.29. The van der Waals surface area contributed by atoms with Gasteiger partial charge in [0.05, 0.1) is 0 Å². The number of nitrogens with zero attached hydrogens (tertiary/aromatic N) is 5. The standard InChI is InChI=1S/C60H92N8O11/c1-17-39(12)46-57(75)64(13)45(32-35(4)5)53(71)61-42(31-34(2)3)55(73)66(15)48(37(8)9)60(78)79-51(38(10)11)59(77)65(14)47(36(6)7)54(72)62-43(33-40-25-20-18-21-26-40)56(74)67(16)49(50(69)41-27-22-19-23-28-41)58(76)68-30-24-29-44(68)52(70)63-46/h18-23,25-28,34-39,42-51,69H,17,24,29-33H2,1-16H3,(H,61,71)(H,62,72)(H,63,70). The van der Waals surface area contributed by atoms with Crippen LogP contribution in [0.25, 0.3) is 0 Å². The predicted molar refractivity (Wildman–Crippen MR) is 301 cm³/mol. The number of carbonyl (C=O) groups excluding carboxylic acids is 9. The van der Waals surface area contributed by atoms with Gasteiger partial charge in [0.2, 0.25) is 41.4 Å². The molecule has 0 spiro atoms. The van der Waals surface area contributed by atoms with E-state index in [9.17, 15) is 38.7 Å². The van der Waals surface area contributed by atoms with Crippen molar-refractivity contribution < 1.29 is 53.0 Å². The average Bonchev–Trinajstić information content (AvgIpc) is 3.91. The van der Waals surface area contributed by atoms with Crippen LogP contribution in [-0.4, -0.2) is 172 Å². The minimum absolute atomic E-state index is 0.0684. The summed E-state index contributed by atoms with van der Waals surface area (Å²) in [5, 5.41) is 21.1. The molecule has 0 aliphatic carbocycles. The predicted octanol–water partition coefficient (Wildman–Crippen LogP) is 4.75. The summed E-state index contributed by atoms with van der Waals surface area (Å²) < 4.78 is 6.10. The van der Waals surface area contributed by atoms with Crippen molar-refractivity contribution in [1.82, 2.24) is 40.4 Å². The molecule has 2 fully saturated rings. The second-order valence-corrected chi connectivity index (χ2v) is 23.7. The number of cyclic esters (lactones) is 1. The van der Waals surface area contributed by atoms with E-state index in [4.69, 9.17) is 4.74 Å². The second kappa shape index (κ2) is 29.2. The number of ether oxygens (including phenoxy) is 1. The van der Waals surface area contributed by atoms with E-state index < -0.39 is 137 Å². The number of benzene rings is 2. The molecule has 2 heterocycles. The monoisotopic (exact) mass is 1100 g/mol. The number of rotatable bonds is 13. The van der Waals surface area contributed by atoms with Crippen LogP contribution >= 0.6 is 0 Å². The summed E-state index contributed by atoms with van der Waals surface area (Å²) >= 11 is 0. The summed E-state index contributed by atoms with van der Waals surface area (Å²) in [5.74, 6) is -8.72. The van der Waals surface area contributed by atoms with E-state index >= 15 is 9.59 Å². The van der Waals surface area contributed by atoms with Crippen LogP contribution in [0.15, 0.2) is 60.7 Å². The van der Waals surface area contributed by atoms with Crippen molar-refractivity contribution >= 4 is 53.2 Å². The van der Waals surface area contributed by atoms with Crippen LogP contribution in [-0.2, 0) is 54.3 Å². The smallest absolute Gasteiger partial charge is 0.329 e. The highest BCUT2D eigenvalue weighted by molar-refractivity contribution is 5.99. The van der Waals surface area contributed by atoms with Crippen LogP contribution in [0, 0.1) is 35.5 Å². The largest absolute Gasteiger partial charge is 0.450 e. The summed E-state index contributed by atoms with van der Waals surface area (Å²) in [5.41, 5.74) is 0.951. The fraction of sp³-hybridized carbons (Fsp3) is 0.650. The first-order valence-electron chi connectivity index (χ1n) is 28.3. The van der Waals surface area contributed by atoms with Crippen molar-refractivity contribution in [1.29, 1.82) is 0 Å². The lowest BCUT2D eigenvalue weighted by molar-refractivity contribution is -0.171. The minimum Gasteiger partial charge on any atom is -0.450 e. The summed E-state index contributed by atoms with van der Waals surface area (Å²) in [7, 11) is 5.70. The van der Waals surface area contributed by atoms with E-state index in [-0.39, 0.29) is 44.1 Å². The molecular weight excluding hydrogens is 1010 g/mol. The van der Waals surface area contributed by atoms with Crippen LogP contribution in [0.1, 0.15) is 132 Å². The molecule has 0 radical (unpaired) electrons. The van der Waals surface area contributed by atoms with Gasteiger partial charge in [0, 0.05) is 41.2 Å². The van der Waals surface area contributed by atoms with E-state index in [0.717, 1.165) is 4.90 Å². The molecule has 4 rings (SSSR count). The Morgan fingerprint density at radius 3 is 1.61 bits per heavy atom. The summed E-state index contributed by atoms with van der Waals surface area (Å²) in [4.78, 5) is 140. The zero-order chi connectivity index (χ0) is 59.3. The summed E-state index contributed by atoms with van der Waals surface area (Å²) in [6.07, 6.45) is -1.78. The van der Waals surface area contributed by atoms with Gasteiger partial charge in [-0.3, -0.25) is 38.4 Å². The Balaban J connectivity index is 1.98. The van der Waals surface area contributed by atoms with E-state index in [1.54, 1.807) is 109 Å². The molecule has 2 aromatic rings. The molecule has 4 N–H and O–H groups in total. The van der Waals surface area contributed by atoms with Gasteiger partial charge in [-0.1, -0.05) is 150 Å². The van der Waals surface area contributed by atoms with Crippen molar-refractivity contribution in [2.45, 2.75) is 182 Å². The van der Waals surface area contributed by atoms with Gasteiger partial charge in [-0.25, -0.2) is 4.79 Å². The van der Waals surface area contributed by atoms with Crippen molar-refractivity contribution in [3.63, 3.8) is 0 Å². The molecule has 19 heteroatoms. The fourth-order valence-corrected chi connectivity index (χ4v) is 10.9. The summed E-state index contributed by atoms with van der Waals surface area (Å²) in [6, 6.07) is 7.13. The molecule has 0 bridgehead atoms. The number of aliphatic hydroxyl groups excluding tert-OH is 1. The third-order valence-electron chi connectivity index (χ3n) is 15.5. The molecule has 11 unspecified atom stereocenters. The molecule has 2 saturated heterocycles. The number of hydrogen-bond donors (Lipinski definition) is 4. The Morgan fingerprint density at radius 1 is 0.557 bits per heavy atom. The second-order valence-electron chi connectivity index (χ2n) is 23.7. The number of hydrogen-bond acceptors (Lipinski definition) is 11. The molecule has 8 amide bonds. The van der Waals surface area contributed by atoms with Crippen LogP contribution < -0.4 is 16.0 Å². The Kier molecular flexibility index (Phi) is 24.1. The zero-order valence-electron chi connectivity index (χ0n) is 49.7. The Hall–Kier alpha value is -6.37. The molecule has 79 heavy (non-hydrogen) atoms. The molecule has 2 aromatic carbocycles. The fourth-order valence-electron chi connectivity index (χ4n) is 10.9. The van der Waals surface area contributed by atoms with E-state index in [1.807, 2.05) is 34.6 Å². The topological polar surface area (TPSA) is 235 Å². The molecule has 0 aromatic heterocycles. The lowest BCUT2D eigenvalue weighted by Crippen LogP contribution is -2.62. The van der Waals surface area contributed by atoms with Gasteiger partial charge in [0.15, 0.2) is 6.10 Å². The Labute approximate surface area is 469 Å². The van der Waals surface area contributed by atoms with Gasteiger partial charge in [-0.05, 0) is 72.3 Å². The van der Waals surface area contributed by atoms with Gasteiger partial charge < -0.3 is 50.3 Å². The molecule has 438 valence electrons. The molecule has 19 nitrogen and oxygen atoms in total. The number of nitrogens with one attached hydrogen (secondary N) is 3. The third-order valence-corrected chi connectivity index (χ3v) is 15.5. The molecule has 11 atom stereocenters. The van der Waals surface area contributed by atoms with Gasteiger partial charge in [-0.15, -0.1) is 0 Å². The van der Waals surface area contributed by atoms with Crippen LogP contribution in [0.3, 0.4) is 0 Å². The molecule has 0 saturated carbocycles. The van der Waals surface area contributed by atoms with Gasteiger partial charge in [0.1, 0.15) is 54.4 Å². The number of fused-ring (bicyclic) bond motifs is 1. The van der Waals surface area contributed by atoms with E-state index in [1.165, 1.54) is 47.8 Å². The first-order valence-corrected chi connectivity index (χ1v) is 28.3. The summed E-state index contributed by atoms with van der Waals surface area (Å²) in [6.45, 7) is 21.6. The number of likely N-dealkylation sites (N-methyl/N-ethyl adjacent to an activating group) is 4. The lowest BCUT2D eigenvalue weighted by atomic mass is 9.94. The highest BCUT2D eigenvalue weighted by Gasteiger charge is 2.47. The van der Waals surface area contributed by atoms with Crippen molar-refractivity contribution in [3.8, 4) is 0 Å². The molecule has 2 aliphatic rings. The maximum Gasteiger partial charge on any atom is 0.329 e. The first kappa shape index (κ1) is 65.2. The van der Waals surface area contributed by atoms with Crippen molar-refractivity contribution in [2.24, 2.45) is 35.5 Å². The molecule has 2 aliphatic heterocycles. The third kappa shape index (κ3) is 16.4. The maximum absolute atomic E-state index is 15.3. The molecular formula is C60H92N8O11. The number of aliphatic hydroxyl groups is 1. The van der Waals surface area contributed by atoms with Crippen LogP contribution in [0.5, 0.6) is 0 Å². The van der Waals surface area contributed by atoms with E-state index in [2.05, 4.69) is 16.0 Å². The number of esters is 1. The van der Waals surface area contributed by atoms with E-state index in [0.29, 0.717) is 24.0 Å². The lowest BCUT2D eigenvalue weighted by Gasteiger charge is -2.38. The van der Waals surface area contributed by atoms with Gasteiger partial charge in [-0.2, -0.15) is 0 Å². The average molecular weight is 1100 g/mol. The quantitative estimate of drug-likeness (QED) is 0.200. The Bertz CT molecular complexity index is 2420. The Morgan fingerprint density at radius 2 is 1.08 bits per heavy atom. The zero-order valence-corrected chi connectivity index (χ0v) is 49.7. The van der Waals surface area contributed by atoms with Crippen molar-refractivity contribution in [2.75, 3.05) is 34.7 Å². The first-order chi connectivity index (χ1) is 37.0. The highest BCUT2D eigenvalue weighted by atomic mass is 16.6. The number of carbonyl (C=O) groups is 9. The normalized spacial score (nSPS) is 26.4. The maximum atomic E-state index is 15.3. The van der Waals surface area contributed by atoms with Crippen LogP contribution in [0.2, 0.25) is 0 Å². The van der Waals surface area contributed by atoms with Crippen LogP contribution in [0.4, 0.5) is 0 Å². The van der Waals surface area contributed by atoms with Gasteiger partial charge >= 0.3 is 5.97 Å². The van der Waals surface area contributed by atoms with Crippen molar-refractivity contribution in [3.05, 3.63) is 71.8 Å². The minimum atomic E-state index is -1.64.